The number of hydrogen-bond donors (Lipinski definition) is 2. The number of carbonyl (C=O) groups excluding carboxylic acids is 1. The lowest BCUT2D eigenvalue weighted by molar-refractivity contribution is -0.0536. The molecule has 0 bridgehead atoms. The molecule has 0 rings (SSSR count). The van der Waals surface area contributed by atoms with E-state index in [1.165, 1.54) is 19.3 Å². The summed E-state index contributed by atoms with van der Waals surface area (Å²) in [5, 5.41) is 9.54. The predicted molar refractivity (Wildman–Crippen MR) is 59.2 cm³/mol. The van der Waals surface area contributed by atoms with Crippen LogP contribution < -0.4 is 5.73 Å². The Bertz CT molecular complexity index is 243. The average molecular weight is 212 g/mol. The van der Waals surface area contributed by atoms with Gasteiger partial charge in [0.1, 0.15) is 6.04 Å². The maximum absolute atomic E-state index is 10.5. The topological polar surface area (TPSA) is 66.6 Å². The molecule has 0 aromatic carbocycles. The number of amides is 2. The zero-order valence-corrected chi connectivity index (χ0v) is 9.49. The summed E-state index contributed by atoms with van der Waals surface area (Å²) in [6.07, 6.45) is 5.48. The second-order valence-electron chi connectivity index (χ2n) is 3.49. The van der Waals surface area contributed by atoms with Crippen molar-refractivity contribution in [1.82, 2.24) is 5.06 Å². The molecule has 1 atom stereocenters. The summed E-state index contributed by atoms with van der Waals surface area (Å²) in [5.74, 6) is 5.69. The highest BCUT2D eigenvalue weighted by atomic mass is 16.5. The van der Waals surface area contributed by atoms with Gasteiger partial charge in [-0.2, -0.15) is 5.06 Å². The molecule has 4 heteroatoms. The zero-order chi connectivity index (χ0) is 11.7. The Balaban J connectivity index is 3.71. The highest BCUT2D eigenvalue weighted by Gasteiger charge is 2.11. The van der Waals surface area contributed by atoms with E-state index in [1.54, 1.807) is 6.92 Å². The Labute approximate surface area is 91.4 Å². The molecule has 1 unspecified atom stereocenters. The van der Waals surface area contributed by atoms with Crippen LogP contribution in [0.1, 0.15) is 46.0 Å². The molecule has 0 aromatic heterocycles. The predicted octanol–water partition coefficient (Wildman–Crippen LogP) is 2.12. The van der Waals surface area contributed by atoms with Gasteiger partial charge in [0.2, 0.25) is 0 Å². The van der Waals surface area contributed by atoms with Crippen LogP contribution in [0, 0.1) is 11.8 Å². The molecule has 15 heavy (non-hydrogen) atoms. The van der Waals surface area contributed by atoms with Crippen molar-refractivity contribution in [3.05, 3.63) is 0 Å². The fourth-order valence-corrected chi connectivity index (χ4v) is 1.11. The lowest BCUT2D eigenvalue weighted by Crippen LogP contribution is -2.38. The molecular formula is C11H20N2O2. The van der Waals surface area contributed by atoms with Crippen LogP contribution >= 0.6 is 0 Å². The summed E-state index contributed by atoms with van der Waals surface area (Å²) in [4.78, 5) is 10.5. The number of nitrogens with two attached hydrogens (primary N) is 1. The second-order valence-corrected chi connectivity index (χ2v) is 3.49. The van der Waals surface area contributed by atoms with E-state index in [9.17, 15) is 4.79 Å². The number of hydroxylamine groups is 2. The number of rotatable bonds is 5. The first-order chi connectivity index (χ1) is 7.09. The third-order valence-corrected chi connectivity index (χ3v) is 2.06. The molecule has 0 aliphatic rings. The summed E-state index contributed by atoms with van der Waals surface area (Å²) in [5.41, 5.74) is 4.88. The monoisotopic (exact) mass is 212 g/mol. The Hall–Kier alpha value is -1.21. The van der Waals surface area contributed by atoms with Crippen molar-refractivity contribution in [3.63, 3.8) is 0 Å². The Morgan fingerprint density at radius 2 is 2.13 bits per heavy atom. The van der Waals surface area contributed by atoms with Crippen molar-refractivity contribution < 1.29 is 10.0 Å². The van der Waals surface area contributed by atoms with Gasteiger partial charge < -0.3 is 5.73 Å². The van der Waals surface area contributed by atoms with E-state index in [0.29, 0.717) is 5.06 Å². The maximum atomic E-state index is 10.5. The SMILES string of the molecule is CCCCCCC#CC(C)N(O)C(N)=O. The summed E-state index contributed by atoms with van der Waals surface area (Å²) in [6.45, 7) is 3.79. The van der Waals surface area contributed by atoms with Crippen LogP contribution in [0.3, 0.4) is 0 Å². The highest BCUT2D eigenvalue weighted by Crippen LogP contribution is 2.01. The molecule has 0 radical (unpaired) electrons. The minimum Gasteiger partial charge on any atom is -0.350 e. The number of carbonyl (C=O) groups is 1. The van der Waals surface area contributed by atoms with Gasteiger partial charge in [-0.15, -0.1) is 5.92 Å². The standard InChI is InChI=1S/C11H20N2O2/c1-3-4-5-6-7-8-9-10(2)13(15)11(12)14/h10,15H,3-7H2,1-2H3,(H2,12,14). The van der Waals surface area contributed by atoms with Crippen LogP contribution in [0.2, 0.25) is 0 Å². The van der Waals surface area contributed by atoms with E-state index >= 15 is 0 Å². The molecule has 0 saturated carbocycles. The van der Waals surface area contributed by atoms with Crippen LogP contribution in [0.4, 0.5) is 4.79 Å². The molecule has 2 amide bonds. The van der Waals surface area contributed by atoms with E-state index in [1.807, 2.05) is 0 Å². The minimum absolute atomic E-state index is 0.443. The van der Waals surface area contributed by atoms with Crippen LogP contribution in [-0.4, -0.2) is 22.3 Å². The van der Waals surface area contributed by atoms with Crippen LogP contribution in [0.5, 0.6) is 0 Å². The molecule has 0 heterocycles. The molecule has 4 nitrogen and oxygen atoms in total. The molecule has 0 aliphatic heterocycles. The van der Waals surface area contributed by atoms with Crippen molar-refractivity contribution >= 4 is 6.03 Å². The van der Waals surface area contributed by atoms with Gasteiger partial charge in [-0.1, -0.05) is 32.1 Å². The number of hydrogen-bond acceptors (Lipinski definition) is 2. The summed E-state index contributed by atoms with van der Waals surface area (Å²) in [6, 6.07) is -1.41. The lowest BCUT2D eigenvalue weighted by Gasteiger charge is -2.14. The largest absolute Gasteiger partial charge is 0.350 e. The number of nitrogens with zero attached hydrogens (tertiary/aromatic N) is 1. The average Bonchev–Trinajstić information content (AvgIpc) is 2.21. The normalized spacial score (nSPS) is 11.4. The van der Waals surface area contributed by atoms with E-state index < -0.39 is 12.1 Å². The van der Waals surface area contributed by atoms with E-state index in [0.717, 1.165) is 12.8 Å². The first-order valence-corrected chi connectivity index (χ1v) is 5.35. The molecule has 0 aromatic rings. The molecule has 3 N–H and O–H groups in total. The van der Waals surface area contributed by atoms with Crippen LogP contribution in [-0.2, 0) is 0 Å². The van der Waals surface area contributed by atoms with Crippen molar-refractivity contribution in [2.75, 3.05) is 0 Å². The minimum atomic E-state index is -0.872. The Kier molecular flexibility index (Phi) is 7.47. The van der Waals surface area contributed by atoms with E-state index in [-0.39, 0.29) is 0 Å². The van der Waals surface area contributed by atoms with Crippen LogP contribution in [0.15, 0.2) is 0 Å². The molecular weight excluding hydrogens is 192 g/mol. The maximum Gasteiger partial charge on any atom is 0.339 e. The van der Waals surface area contributed by atoms with Crippen LogP contribution in [0.25, 0.3) is 0 Å². The summed E-state index contributed by atoms with van der Waals surface area (Å²) < 4.78 is 0. The molecule has 0 fully saturated rings. The second kappa shape index (κ2) is 8.13. The molecule has 0 saturated heterocycles. The third-order valence-electron chi connectivity index (χ3n) is 2.06. The number of unbranched alkanes of at least 4 members (excludes halogenated alkanes) is 4. The van der Waals surface area contributed by atoms with Gasteiger partial charge in [-0.25, -0.2) is 4.79 Å². The quantitative estimate of drug-likeness (QED) is 0.317. The molecule has 0 aliphatic carbocycles. The van der Waals surface area contributed by atoms with Gasteiger partial charge in [0.15, 0.2) is 0 Å². The molecule has 86 valence electrons. The number of urea groups is 1. The fourth-order valence-electron chi connectivity index (χ4n) is 1.11. The Morgan fingerprint density at radius 3 is 2.67 bits per heavy atom. The van der Waals surface area contributed by atoms with E-state index in [2.05, 4.69) is 18.8 Å². The first kappa shape index (κ1) is 13.8. The summed E-state index contributed by atoms with van der Waals surface area (Å²) >= 11 is 0. The fraction of sp³-hybridized carbons (Fsp3) is 0.727. The van der Waals surface area contributed by atoms with Gasteiger partial charge in [0.25, 0.3) is 0 Å². The van der Waals surface area contributed by atoms with Crippen molar-refractivity contribution in [1.29, 1.82) is 0 Å². The van der Waals surface area contributed by atoms with Crippen molar-refractivity contribution in [3.8, 4) is 11.8 Å². The highest BCUT2D eigenvalue weighted by molar-refractivity contribution is 5.71. The Morgan fingerprint density at radius 1 is 1.47 bits per heavy atom. The zero-order valence-electron chi connectivity index (χ0n) is 9.49. The third kappa shape index (κ3) is 6.81. The van der Waals surface area contributed by atoms with E-state index in [4.69, 9.17) is 10.9 Å². The number of primary amides is 1. The van der Waals surface area contributed by atoms with Crippen molar-refractivity contribution in [2.24, 2.45) is 5.73 Å². The van der Waals surface area contributed by atoms with Gasteiger partial charge in [0, 0.05) is 6.42 Å². The van der Waals surface area contributed by atoms with Gasteiger partial charge in [0.05, 0.1) is 0 Å². The van der Waals surface area contributed by atoms with Crippen molar-refractivity contribution in [2.45, 2.75) is 52.0 Å². The molecule has 0 spiro atoms. The summed E-state index contributed by atoms with van der Waals surface area (Å²) in [7, 11) is 0. The van der Waals surface area contributed by atoms with Gasteiger partial charge in [-0.05, 0) is 13.3 Å². The smallest absolute Gasteiger partial charge is 0.339 e. The lowest BCUT2D eigenvalue weighted by atomic mass is 10.1. The van der Waals surface area contributed by atoms with Gasteiger partial charge in [-0.3, -0.25) is 5.21 Å². The van der Waals surface area contributed by atoms with Gasteiger partial charge >= 0.3 is 6.03 Å². The first-order valence-electron chi connectivity index (χ1n) is 5.35.